The number of aliphatic carboxylic acids is 1. The van der Waals surface area contributed by atoms with Gasteiger partial charge in [0.05, 0.1) is 11.3 Å². The molecule has 1 aromatic heterocycles. The number of aryl methyl sites for hydroxylation is 1. The lowest BCUT2D eigenvalue weighted by atomic mass is 9.99. The lowest BCUT2D eigenvalue weighted by Gasteiger charge is -2.34. The second kappa shape index (κ2) is 5.52. The molecule has 1 N–H and O–H groups in total. The molecule has 2 heterocycles. The molecule has 1 saturated heterocycles. The summed E-state index contributed by atoms with van der Waals surface area (Å²) >= 11 is 1.43. The molecule has 98 valence electrons. The quantitative estimate of drug-likeness (QED) is 0.915. The first-order valence-electron chi connectivity index (χ1n) is 6.16. The first-order chi connectivity index (χ1) is 8.59. The van der Waals surface area contributed by atoms with Crippen LogP contribution in [0.1, 0.15) is 40.9 Å². The Morgan fingerprint density at radius 2 is 2.28 bits per heavy atom. The third-order valence-corrected chi connectivity index (χ3v) is 4.36. The molecule has 5 heteroatoms. The molecule has 1 fully saturated rings. The molecule has 2 rings (SSSR count). The molecule has 0 aliphatic carbocycles. The zero-order valence-corrected chi connectivity index (χ0v) is 11.2. The average Bonchev–Trinajstić information content (AvgIpc) is 2.74. The molecule has 0 saturated carbocycles. The highest BCUT2D eigenvalue weighted by atomic mass is 32.1. The predicted molar refractivity (Wildman–Crippen MR) is 70.0 cm³/mol. The van der Waals surface area contributed by atoms with Gasteiger partial charge in [0, 0.05) is 12.6 Å². The van der Waals surface area contributed by atoms with Gasteiger partial charge < -0.3 is 10.0 Å². The molecule has 18 heavy (non-hydrogen) atoms. The van der Waals surface area contributed by atoms with Crippen molar-refractivity contribution in [1.29, 1.82) is 0 Å². The number of nitrogens with zero attached hydrogens (tertiary/aromatic N) is 1. The Labute approximate surface area is 110 Å². The van der Waals surface area contributed by atoms with E-state index < -0.39 is 5.97 Å². The summed E-state index contributed by atoms with van der Waals surface area (Å²) in [5.41, 5.74) is 0.977. The molecule has 1 aromatic rings. The van der Waals surface area contributed by atoms with E-state index in [2.05, 4.69) is 0 Å². The minimum Gasteiger partial charge on any atom is -0.481 e. The van der Waals surface area contributed by atoms with Crippen molar-refractivity contribution in [3.8, 4) is 0 Å². The van der Waals surface area contributed by atoms with Gasteiger partial charge in [0.25, 0.3) is 5.91 Å². The van der Waals surface area contributed by atoms with Gasteiger partial charge in [-0.1, -0.05) is 0 Å². The van der Waals surface area contributed by atoms with Crippen molar-refractivity contribution < 1.29 is 14.7 Å². The highest BCUT2D eigenvalue weighted by Crippen LogP contribution is 2.25. The highest BCUT2D eigenvalue weighted by molar-refractivity contribution is 7.12. The number of likely N-dealkylation sites (tertiary alicyclic amines) is 1. The Hall–Kier alpha value is -1.36. The van der Waals surface area contributed by atoms with Gasteiger partial charge in [-0.05, 0) is 43.2 Å². The number of carboxylic acids is 1. The molecule has 1 aliphatic rings. The van der Waals surface area contributed by atoms with Crippen molar-refractivity contribution in [3.05, 3.63) is 21.9 Å². The Bertz CT molecular complexity index is 455. The number of carbonyl (C=O) groups excluding carboxylic acids is 1. The van der Waals surface area contributed by atoms with Crippen molar-refractivity contribution in [2.75, 3.05) is 6.54 Å². The molecule has 1 unspecified atom stereocenters. The van der Waals surface area contributed by atoms with Crippen molar-refractivity contribution in [1.82, 2.24) is 4.90 Å². The van der Waals surface area contributed by atoms with E-state index in [-0.39, 0.29) is 18.4 Å². The van der Waals surface area contributed by atoms with Gasteiger partial charge in [0.2, 0.25) is 0 Å². The molecule has 0 aromatic carbocycles. The van der Waals surface area contributed by atoms with Crippen molar-refractivity contribution in [3.63, 3.8) is 0 Å². The lowest BCUT2D eigenvalue weighted by molar-refractivity contribution is -0.138. The minimum absolute atomic E-state index is 0.00606. The fourth-order valence-corrected chi connectivity index (χ4v) is 3.28. The van der Waals surface area contributed by atoms with Gasteiger partial charge in [0.15, 0.2) is 0 Å². The Balaban J connectivity index is 2.16. The van der Waals surface area contributed by atoms with Crippen LogP contribution in [0.4, 0.5) is 0 Å². The smallest absolute Gasteiger partial charge is 0.305 e. The molecule has 1 atom stereocenters. The molecule has 4 nitrogen and oxygen atoms in total. The lowest BCUT2D eigenvalue weighted by Crippen LogP contribution is -2.44. The molecular weight excluding hydrogens is 250 g/mol. The third kappa shape index (κ3) is 2.72. The fraction of sp³-hybridized carbons (Fsp3) is 0.538. The van der Waals surface area contributed by atoms with Crippen LogP contribution in [-0.4, -0.2) is 34.5 Å². The van der Waals surface area contributed by atoms with E-state index in [4.69, 9.17) is 5.11 Å². The Morgan fingerprint density at radius 1 is 1.50 bits per heavy atom. The van der Waals surface area contributed by atoms with E-state index in [0.29, 0.717) is 6.54 Å². The van der Waals surface area contributed by atoms with Crippen LogP contribution in [0.2, 0.25) is 0 Å². The molecular formula is C13H17NO3S. The maximum absolute atomic E-state index is 12.4. The summed E-state index contributed by atoms with van der Waals surface area (Å²) in [7, 11) is 0. The van der Waals surface area contributed by atoms with Gasteiger partial charge >= 0.3 is 5.97 Å². The van der Waals surface area contributed by atoms with Gasteiger partial charge in [-0.25, -0.2) is 0 Å². The van der Waals surface area contributed by atoms with Crippen LogP contribution in [0.25, 0.3) is 0 Å². The summed E-state index contributed by atoms with van der Waals surface area (Å²) in [6, 6.07) is 1.78. The SMILES string of the molecule is Cc1ccsc1C(=O)N1CCCCC1CC(=O)O. The number of thiophene rings is 1. The van der Waals surface area contributed by atoms with Crippen molar-refractivity contribution in [2.24, 2.45) is 0 Å². The molecule has 1 amide bonds. The fourth-order valence-electron chi connectivity index (χ4n) is 2.40. The standard InChI is InChI=1S/C13H17NO3S/c1-9-5-7-18-12(9)13(17)14-6-3-2-4-10(14)8-11(15)16/h5,7,10H,2-4,6,8H2,1H3,(H,15,16). The highest BCUT2D eigenvalue weighted by Gasteiger charge is 2.30. The summed E-state index contributed by atoms with van der Waals surface area (Å²) in [5.74, 6) is -0.837. The van der Waals surface area contributed by atoms with Crippen LogP contribution in [-0.2, 0) is 4.79 Å². The van der Waals surface area contributed by atoms with Gasteiger partial charge in [-0.2, -0.15) is 0 Å². The van der Waals surface area contributed by atoms with Crippen LogP contribution in [0.3, 0.4) is 0 Å². The van der Waals surface area contributed by atoms with E-state index in [1.54, 1.807) is 4.90 Å². The number of rotatable bonds is 3. The second-order valence-electron chi connectivity index (χ2n) is 4.68. The van der Waals surface area contributed by atoms with Crippen LogP contribution >= 0.6 is 11.3 Å². The van der Waals surface area contributed by atoms with E-state index in [0.717, 1.165) is 29.7 Å². The normalized spacial score (nSPS) is 19.8. The monoisotopic (exact) mass is 267 g/mol. The Morgan fingerprint density at radius 3 is 2.89 bits per heavy atom. The average molecular weight is 267 g/mol. The van der Waals surface area contributed by atoms with Crippen LogP contribution < -0.4 is 0 Å². The van der Waals surface area contributed by atoms with Crippen LogP contribution in [0.5, 0.6) is 0 Å². The summed E-state index contributed by atoms with van der Waals surface area (Å²) < 4.78 is 0. The summed E-state index contributed by atoms with van der Waals surface area (Å²) in [4.78, 5) is 25.8. The van der Waals surface area contributed by atoms with E-state index in [1.807, 2.05) is 18.4 Å². The first-order valence-corrected chi connectivity index (χ1v) is 7.04. The number of hydrogen-bond donors (Lipinski definition) is 1. The van der Waals surface area contributed by atoms with Crippen molar-refractivity contribution in [2.45, 2.75) is 38.6 Å². The minimum atomic E-state index is -0.831. The topological polar surface area (TPSA) is 57.6 Å². The number of carbonyl (C=O) groups is 2. The predicted octanol–water partition coefficient (Wildman–Crippen LogP) is 2.53. The first kappa shape index (κ1) is 13.1. The summed E-state index contributed by atoms with van der Waals surface area (Å²) in [6.45, 7) is 2.59. The van der Waals surface area contributed by atoms with Crippen molar-refractivity contribution >= 4 is 23.2 Å². The van der Waals surface area contributed by atoms with E-state index >= 15 is 0 Å². The maximum Gasteiger partial charge on any atom is 0.305 e. The van der Waals surface area contributed by atoms with Crippen LogP contribution in [0.15, 0.2) is 11.4 Å². The molecule has 0 spiro atoms. The largest absolute Gasteiger partial charge is 0.481 e. The Kier molecular flexibility index (Phi) is 4.01. The number of amides is 1. The number of carboxylic acid groups (broad SMARTS) is 1. The van der Waals surface area contributed by atoms with Gasteiger partial charge in [-0.3, -0.25) is 9.59 Å². The second-order valence-corrected chi connectivity index (χ2v) is 5.59. The zero-order valence-electron chi connectivity index (χ0n) is 10.4. The molecule has 0 radical (unpaired) electrons. The summed E-state index contributed by atoms with van der Waals surface area (Å²) in [5, 5.41) is 10.8. The zero-order chi connectivity index (χ0) is 13.1. The maximum atomic E-state index is 12.4. The third-order valence-electron chi connectivity index (χ3n) is 3.35. The number of hydrogen-bond acceptors (Lipinski definition) is 3. The summed E-state index contributed by atoms with van der Waals surface area (Å²) in [6.07, 6.45) is 2.82. The van der Waals surface area contributed by atoms with E-state index in [1.165, 1.54) is 11.3 Å². The van der Waals surface area contributed by atoms with Crippen LogP contribution in [0, 0.1) is 6.92 Å². The molecule has 1 aliphatic heterocycles. The van der Waals surface area contributed by atoms with Gasteiger partial charge in [-0.15, -0.1) is 11.3 Å². The van der Waals surface area contributed by atoms with E-state index in [9.17, 15) is 9.59 Å². The molecule has 0 bridgehead atoms. The number of piperidine rings is 1. The van der Waals surface area contributed by atoms with Gasteiger partial charge in [0.1, 0.15) is 0 Å².